The predicted molar refractivity (Wildman–Crippen MR) is 242 cm³/mol. The molecular formula is C51H92O5. The van der Waals surface area contributed by atoms with Crippen molar-refractivity contribution >= 4 is 11.9 Å². The molecule has 0 fully saturated rings. The minimum atomic E-state index is -0.547. The van der Waals surface area contributed by atoms with E-state index in [0.717, 1.165) is 83.5 Å². The van der Waals surface area contributed by atoms with E-state index in [1.54, 1.807) is 0 Å². The Balaban J connectivity index is 4.26. The molecule has 0 saturated carbocycles. The van der Waals surface area contributed by atoms with Gasteiger partial charge in [-0.3, -0.25) is 9.59 Å². The molecule has 0 rings (SSSR count). The Hall–Kier alpha value is -2.14. The lowest BCUT2D eigenvalue weighted by atomic mass is 10.0. The lowest BCUT2D eigenvalue weighted by molar-refractivity contribution is -0.163. The van der Waals surface area contributed by atoms with Crippen LogP contribution in [0.4, 0.5) is 0 Å². The van der Waals surface area contributed by atoms with Gasteiger partial charge in [-0.05, 0) is 70.6 Å². The number of rotatable bonds is 44. The third kappa shape index (κ3) is 44.6. The zero-order valence-corrected chi connectivity index (χ0v) is 37.4. The van der Waals surface area contributed by atoms with Crippen LogP contribution in [0, 0.1) is 0 Å². The molecule has 5 heteroatoms. The molecule has 0 aliphatic heterocycles. The van der Waals surface area contributed by atoms with Crippen LogP contribution in [0.3, 0.4) is 0 Å². The van der Waals surface area contributed by atoms with Crippen LogP contribution in [0.5, 0.6) is 0 Å². The van der Waals surface area contributed by atoms with Gasteiger partial charge < -0.3 is 14.2 Å². The Morgan fingerprint density at radius 3 is 1.38 bits per heavy atom. The molecule has 5 nitrogen and oxygen atoms in total. The molecule has 0 radical (unpaired) electrons. The van der Waals surface area contributed by atoms with Crippen LogP contribution < -0.4 is 0 Å². The van der Waals surface area contributed by atoms with Gasteiger partial charge in [0.15, 0.2) is 6.10 Å². The van der Waals surface area contributed by atoms with Gasteiger partial charge in [-0.1, -0.05) is 204 Å². The fourth-order valence-electron chi connectivity index (χ4n) is 6.74. The second-order valence-corrected chi connectivity index (χ2v) is 16.0. The Morgan fingerprint density at radius 1 is 0.411 bits per heavy atom. The zero-order chi connectivity index (χ0) is 40.7. The quantitative estimate of drug-likeness (QED) is 0.0350. The second-order valence-electron chi connectivity index (χ2n) is 16.0. The highest BCUT2D eigenvalue weighted by atomic mass is 16.6. The molecule has 0 aromatic rings. The fraction of sp³-hybridized carbons (Fsp3) is 0.804. The molecule has 56 heavy (non-hydrogen) atoms. The molecule has 0 spiro atoms. The number of hydrogen-bond acceptors (Lipinski definition) is 5. The van der Waals surface area contributed by atoms with Crippen molar-refractivity contribution in [2.24, 2.45) is 0 Å². The van der Waals surface area contributed by atoms with Gasteiger partial charge in [-0.2, -0.15) is 0 Å². The first-order chi connectivity index (χ1) is 27.6. The summed E-state index contributed by atoms with van der Waals surface area (Å²) in [4.78, 5) is 25.2. The van der Waals surface area contributed by atoms with Crippen LogP contribution in [0.1, 0.15) is 239 Å². The van der Waals surface area contributed by atoms with Crippen LogP contribution in [0.15, 0.2) is 48.6 Å². The zero-order valence-electron chi connectivity index (χ0n) is 37.4. The molecule has 0 N–H and O–H groups in total. The van der Waals surface area contributed by atoms with Crippen molar-refractivity contribution in [3.05, 3.63) is 48.6 Å². The van der Waals surface area contributed by atoms with Gasteiger partial charge >= 0.3 is 11.9 Å². The number of unbranched alkanes of at least 4 members (excludes halogenated alkanes) is 25. The van der Waals surface area contributed by atoms with Crippen LogP contribution in [0.2, 0.25) is 0 Å². The summed E-state index contributed by atoms with van der Waals surface area (Å²) in [5.41, 5.74) is 0. The topological polar surface area (TPSA) is 61.8 Å². The van der Waals surface area contributed by atoms with Gasteiger partial charge in [0.1, 0.15) is 6.61 Å². The molecule has 0 aliphatic carbocycles. The van der Waals surface area contributed by atoms with Gasteiger partial charge in [0.25, 0.3) is 0 Å². The molecule has 0 heterocycles. The van der Waals surface area contributed by atoms with Crippen molar-refractivity contribution in [3.8, 4) is 0 Å². The highest BCUT2D eigenvalue weighted by molar-refractivity contribution is 5.70. The minimum Gasteiger partial charge on any atom is -0.462 e. The van der Waals surface area contributed by atoms with E-state index in [-0.39, 0.29) is 25.2 Å². The Labute approximate surface area is 348 Å². The van der Waals surface area contributed by atoms with Crippen molar-refractivity contribution < 1.29 is 23.8 Å². The third-order valence-corrected chi connectivity index (χ3v) is 10.3. The lowest BCUT2D eigenvalue weighted by Gasteiger charge is -2.18. The maximum Gasteiger partial charge on any atom is 0.306 e. The number of carbonyl (C=O) groups is 2. The Morgan fingerprint density at radius 2 is 0.821 bits per heavy atom. The van der Waals surface area contributed by atoms with Crippen molar-refractivity contribution in [2.45, 2.75) is 245 Å². The number of allylic oxidation sites excluding steroid dienone is 8. The maximum absolute atomic E-state index is 12.7. The summed E-state index contributed by atoms with van der Waals surface area (Å²) < 4.78 is 17.3. The molecule has 0 amide bonds. The van der Waals surface area contributed by atoms with Gasteiger partial charge in [0, 0.05) is 19.4 Å². The minimum absolute atomic E-state index is 0.0692. The highest BCUT2D eigenvalue weighted by Gasteiger charge is 2.17. The number of ether oxygens (including phenoxy) is 3. The number of carbonyl (C=O) groups excluding carboxylic acids is 2. The molecule has 0 aromatic heterocycles. The first-order valence-corrected chi connectivity index (χ1v) is 24.2. The Kier molecular flexibility index (Phi) is 45.4. The lowest BCUT2D eigenvalue weighted by Crippen LogP contribution is -2.30. The van der Waals surface area contributed by atoms with Crippen LogP contribution >= 0.6 is 0 Å². The van der Waals surface area contributed by atoms with E-state index in [0.29, 0.717) is 19.4 Å². The SMILES string of the molecule is CC/C=C\C/C=C\C/C=C\CCCCCC(=O)OCC(COCCCCCCCCCCCCCCCCCC)OC(=O)CCCCCCC/C=C\CCCC. The average molecular weight is 785 g/mol. The molecular weight excluding hydrogens is 693 g/mol. The van der Waals surface area contributed by atoms with Crippen molar-refractivity contribution in [2.75, 3.05) is 19.8 Å². The first kappa shape index (κ1) is 53.9. The maximum atomic E-state index is 12.7. The molecule has 0 aliphatic rings. The number of hydrogen-bond donors (Lipinski definition) is 0. The average Bonchev–Trinajstić information content (AvgIpc) is 3.20. The summed E-state index contributed by atoms with van der Waals surface area (Å²) in [6.45, 7) is 7.66. The van der Waals surface area contributed by atoms with Crippen LogP contribution in [-0.2, 0) is 23.8 Å². The Bertz CT molecular complexity index is 935. The molecule has 0 bridgehead atoms. The van der Waals surface area contributed by atoms with E-state index in [9.17, 15) is 9.59 Å². The van der Waals surface area contributed by atoms with E-state index in [2.05, 4.69) is 69.4 Å². The summed E-state index contributed by atoms with van der Waals surface area (Å²) in [5, 5.41) is 0. The monoisotopic (exact) mass is 785 g/mol. The van der Waals surface area contributed by atoms with Crippen LogP contribution in [0.25, 0.3) is 0 Å². The summed E-state index contributed by atoms with van der Waals surface area (Å²) in [6, 6.07) is 0. The standard InChI is InChI=1S/C51H92O5/c1-4-7-10-13-16-19-22-24-25-26-28-31-34-37-40-43-46-54-47-49(56-51(53)45-42-39-36-33-29-21-18-15-12-9-6-3)48-55-50(52)44-41-38-35-32-30-27-23-20-17-14-11-8-5-2/h8,11,15,17-18,20,27,30,49H,4-7,9-10,12-14,16,19,21-26,28-29,31-48H2,1-3H3/b11-8-,18-15-,20-17-,30-27-. The summed E-state index contributed by atoms with van der Waals surface area (Å²) in [7, 11) is 0. The van der Waals surface area contributed by atoms with Crippen molar-refractivity contribution in [1.82, 2.24) is 0 Å². The van der Waals surface area contributed by atoms with Crippen molar-refractivity contribution in [3.63, 3.8) is 0 Å². The van der Waals surface area contributed by atoms with E-state index >= 15 is 0 Å². The molecule has 1 atom stereocenters. The summed E-state index contributed by atoms with van der Waals surface area (Å²) in [5.74, 6) is -0.436. The van der Waals surface area contributed by atoms with Crippen LogP contribution in [-0.4, -0.2) is 37.9 Å². The van der Waals surface area contributed by atoms with Gasteiger partial charge in [-0.25, -0.2) is 0 Å². The van der Waals surface area contributed by atoms with Crippen molar-refractivity contribution in [1.29, 1.82) is 0 Å². The van der Waals surface area contributed by atoms with E-state index in [1.165, 1.54) is 122 Å². The van der Waals surface area contributed by atoms with Gasteiger partial charge in [0.2, 0.25) is 0 Å². The molecule has 1 unspecified atom stereocenters. The van der Waals surface area contributed by atoms with Gasteiger partial charge in [0.05, 0.1) is 6.61 Å². The molecule has 326 valence electrons. The molecule has 0 aromatic carbocycles. The summed E-state index contributed by atoms with van der Waals surface area (Å²) >= 11 is 0. The van der Waals surface area contributed by atoms with E-state index < -0.39 is 6.10 Å². The van der Waals surface area contributed by atoms with E-state index in [1.807, 2.05) is 0 Å². The second kappa shape index (κ2) is 47.2. The summed E-state index contributed by atoms with van der Waals surface area (Å²) in [6.07, 6.45) is 56.9. The largest absolute Gasteiger partial charge is 0.462 e. The highest BCUT2D eigenvalue weighted by Crippen LogP contribution is 2.15. The first-order valence-electron chi connectivity index (χ1n) is 24.2. The smallest absolute Gasteiger partial charge is 0.306 e. The van der Waals surface area contributed by atoms with Gasteiger partial charge in [-0.15, -0.1) is 0 Å². The number of esters is 2. The predicted octanol–water partition coefficient (Wildman–Crippen LogP) is 16.0. The third-order valence-electron chi connectivity index (χ3n) is 10.3. The fourth-order valence-corrected chi connectivity index (χ4v) is 6.74. The van der Waals surface area contributed by atoms with E-state index in [4.69, 9.17) is 14.2 Å². The molecule has 0 saturated heterocycles. The normalized spacial score (nSPS) is 12.6.